The molecule has 1 atom stereocenters. The van der Waals surface area contributed by atoms with Gasteiger partial charge in [-0.05, 0) is 61.1 Å². The Bertz CT molecular complexity index is 1020. The zero-order valence-corrected chi connectivity index (χ0v) is 21.7. The lowest BCUT2D eigenvalue weighted by Gasteiger charge is -2.40. The molecule has 8 heteroatoms. The van der Waals surface area contributed by atoms with Crippen LogP contribution in [-0.4, -0.2) is 67.5 Å². The second-order valence-electron chi connectivity index (χ2n) is 9.33. The lowest BCUT2D eigenvalue weighted by molar-refractivity contribution is -0.129. The van der Waals surface area contributed by atoms with Gasteiger partial charge in [0, 0.05) is 37.7 Å². The minimum atomic E-state index is -0.148. The molecule has 1 saturated carbocycles. The van der Waals surface area contributed by atoms with Crippen molar-refractivity contribution in [2.24, 2.45) is 5.92 Å². The number of halogens is 2. The highest BCUT2D eigenvalue weighted by atomic mass is 35.5. The third-order valence-electron chi connectivity index (χ3n) is 7.14. The SMILES string of the molecule is COc1ccc(CCNC(=O)[C@H](C2CCCC2)N2CCN(C(=O)c3ccc(Cl)cc3Cl)CC2)cc1. The molecule has 0 spiro atoms. The minimum Gasteiger partial charge on any atom is -0.497 e. The number of rotatable bonds is 8. The van der Waals surface area contributed by atoms with Crippen LogP contribution in [0.4, 0.5) is 0 Å². The van der Waals surface area contributed by atoms with Crippen molar-refractivity contribution in [3.63, 3.8) is 0 Å². The van der Waals surface area contributed by atoms with Crippen molar-refractivity contribution in [1.29, 1.82) is 0 Å². The summed E-state index contributed by atoms with van der Waals surface area (Å²) in [6.45, 7) is 3.08. The standard InChI is InChI=1S/C27H33Cl2N3O3/c1-35-22-9-6-19(7-10-22)12-13-30-26(33)25(20-4-2-3-5-20)31-14-16-32(17-15-31)27(34)23-11-8-21(28)18-24(23)29/h6-11,18,20,25H,2-5,12-17H2,1H3,(H,30,33)/t25-/m0/s1. The van der Waals surface area contributed by atoms with Crippen molar-refractivity contribution in [2.45, 2.75) is 38.1 Å². The Hall–Kier alpha value is -2.28. The van der Waals surface area contributed by atoms with Crippen LogP contribution in [-0.2, 0) is 11.2 Å². The van der Waals surface area contributed by atoms with Crippen LogP contribution in [0.2, 0.25) is 10.0 Å². The molecule has 0 aromatic heterocycles. The van der Waals surface area contributed by atoms with Crippen LogP contribution in [0.5, 0.6) is 5.75 Å². The van der Waals surface area contributed by atoms with E-state index in [4.69, 9.17) is 27.9 Å². The Kier molecular flexibility index (Phi) is 8.93. The number of hydrogen-bond donors (Lipinski definition) is 1. The van der Waals surface area contributed by atoms with E-state index in [1.54, 1.807) is 25.3 Å². The molecule has 4 rings (SSSR count). The van der Waals surface area contributed by atoms with Crippen molar-refractivity contribution in [1.82, 2.24) is 15.1 Å². The van der Waals surface area contributed by atoms with Crippen molar-refractivity contribution in [3.05, 3.63) is 63.6 Å². The molecule has 2 fully saturated rings. The molecule has 188 valence electrons. The van der Waals surface area contributed by atoms with E-state index in [2.05, 4.69) is 10.2 Å². The predicted molar refractivity (Wildman–Crippen MR) is 139 cm³/mol. The van der Waals surface area contributed by atoms with Crippen molar-refractivity contribution < 1.29 is 14.3 Å². The molecule has 2 aromatic carbocycles. The van der Waals surface area contributed by atoms with Crippen molar-refractivity contribution in [2.75, 3.05) is 39.8 Å². The fourth-order valence-electron chi connectivity index (χ4n) is 5.21. The largest absolute Gasteiger partial charge is 0.497 e. The van der Waals surface area contributed by atoms with Crippen molar-refractivity contribution in [3.8, 4) is 5.75 Å². The second-order valence-corrected chi connectivity index (χ2v) is 10.2. The van der Waals surface area contributed by atoms with E-state index >= 15 is 0 Å². The molecule has 2 aliphatic rings. The van der Waals surface area contributed by atoms with Gasteiger partial charge >= 0.3 is 0 Å². The summed E-state index contributed by atoms with van der Waals surface area (Å²) in [5.74, 6) is 1.21. The maximum atomic E-state index is 13.4. The number of nitrogens with zero attached hydrogens (tertiary/aromatic N) is 2. The third-order valence-corrected chi connectivity index (χ3v) is 7.69. The highest BCUT2D eigenvalue weighted by molar-refractivity contribution is 6.36. The summed E-state index contributed by atoms with van der Waals surface area (Å²) in [4.78, 5) is 30.4. The predicted octanol–water partition coefficient (Wildman–Crippen LogP) is 4.68. The Balaban J connectivity index is 1.34. The summed E-state index contributed by atoms with van der Waals surface area (Å²) < 4.78 is 5.21. The monoisotopic (exact) mass is 517 g/mol. The number of ether oxygens (including phenoxy) is 1. The molecule has 1 saturated heterocycles. The second kappa shape index (κ2) is 12.1. The van der Waals surface area contributed by atoms with E-state index in [1.807, 2.05) is 29.2 Å². The molecule has 0 unspecified atom stereocenters. The quantitative estimate of drug-likeness (QED) is 0.552. The molecule has 6 nitrogen and oxygen atoms in total. The topological polar surface area (TPSA) is 61.9 Å². The highest BCUT2D eigenvalue weighted by Gasteiger charge is 2.37. The zero-order chi connectivity index (χ0) is 24.8. The first-order chi connectivity index (χ1) is 17.0. The van der Waals surface area contributed by atoms with Gasteiger partial charge < -0.3 is 15.0 Å². The van der Waals surface area contributed by atoms with E-state index in [0.717, 1.165) is 30.6 Å². The lowest BCUT2D eigenvalue weighted by atomic mass is 9.94. The number of benzene rings is 2. The third kappa shape index (κ3) is 6.49. The van der Waals surface area contributed by atoms with E-state index in [1.165, 1.54) is 12.8 Å². The number of amides is 2. The number of hydrogen-bond acceptors (Lipinski definition) is 4. The zero-order valence-electron chi connectivity index (χ0n) is 20.1. The molecule has 35 heavy (non-hydrogen) atoms. The maximum absolute atomic E-state index is 13.4. The van der Waals surface area contributed by atoms with Crippen LogP contribution in [0.25, 0.3) is 0 Å². The van der Waals surface area contributed by atoms with E-state index in [9.17, 15) is 9.59 Å². The highest BCUT2D eigenvalue weighted by Crippen LogP contribution is 2.31. The molecule has 0 radical (unpaired) electrons. The lowest BCUT2D eigenvalue weighted by Crippen LogP contribution is -2.58. The molecule has 1 heterocycles. The summed E-state index contributed by atoms with van der Waals surface area (Å²) in [5, 5.41) is 4.06. The minimum absolute atomic E-state index is 0.0901. The fourth-order valence-corrected chi connectivity index (χ4v) is 5.70. The summed E-state index contributed by atoms with van der Waals surface area (Å²) in [6.07, 6.45) is 5.28. The van der Waals surface area contributed by atoms with Gasteiger partial charge in [-0.2, -0.15) is 0 Å². The van der Waals surface area contributed by atoms with Gasteiger partial charge in [0.25, 0.3) is 5.91 Å². The van der Waals surface area contributed by atoms with Crippen molar-refractivity contribution >= 4 is 35.0 Å². The molecular formula is C27H33Cl2N3O3. The molecule has 2 amide bonds. The number of carbonyl (C=O) groups excluding carboxylic acids is 2. The van der Waals surface area contributed by atoms with E-state index in [-0.39, 0.29) is 17.9 Å². The fraction of sp³-hybridized carbons (Fsp3) is 0.481. The van der Waals surface area contributed by atoms with Crippen LogP contribution in [0.15, 0.2) is 42.5 Å². The number of carbonyl (C=O) groups is 2. The van der Waals surface area contributed by atoms with Crippen LogP contribution in [0, 0.1) is 5.92 Å². The molecular weight excluding hydrogens is 485 g/mol. The number of methoxy groups -OCH3 is 1. The van der Waals surface area contributed by atoms with Gasteiger partial charge in [-0.3, -0.25) is 14.5 Å². The normalized spacial score (nSPS) is 17.9. The summed E-state index contributed by atoms with van der Waals surface area (Å²) in [5.41, 5.74) is 1.63. The summed E-state index contributed by atoms with van der Waals surface area (Å²) in [7, 11) is 1.65. The van der Waals surface area contributed by atoms with Gasteiger partial charge in [0.2, 0.25) is 5.91 Å². The smallest absolute Gasteiger partial charge is 0.255 e. The Morgan fingerprint density at radius 1 is 1.03 bits per heavy atom. The van der Waals surface area contributed by atoms with E-state index < -0.39 is 0 Å². The number of piperazine rings is 1. The summed E-state index contributed by atoms with van der Waals surface area (Å²) in [6, 6.07) is 12.8. The Morgan fingerprint density at radius 3 is 2.34 bits per heavy atom. The Morgan fingerprint density at radius 2 is 1.71 bits per heavy atom. The van der Waals surface area contributed by atoms with Crippen LogP contribution < -0.4 is 10.1 Å². The molecule has 1 aliphatic carbocycles. The molecule has 1 aliphatic heterocycles. The first-order valence-electron chi connectivity index (χ1n) is 12.4. The molecule has 0 bridgehead atoms. The van der Waals surface area contributed by atoms with Crippen LogP contribution in [0.1, 0.15) is 41.6 Å². The molecule has 1 N–H and O–H groups in total. The first kappa shape index (κ1) is 25.8. The van der Waals surface area contributed by atoms with Gasteiger partial charge in [-0.25, -0.2) is 0 Å². The van der Waals surface area contributed by atoms with Gasteiger partial charge in [-0.1, -0.05) is 48.2 Å². The van der Waals surface area contributed by atoms with E-state index in [0.29, 0.717) is 54.3 Å². The average Bonchev–Trinajstić information content (AvgIpc) is 3.39. The number of nitrogens with one attached hydrogen (secondary N) is 1. The van der Waals surface area contributed by atoms with Gasteiger partial charge in [-0.15, -0.1) is 0 Å². The van der Waals surface area contributed by atoms with Gasteiger partial charge in [0.1, 0.15) is 5.75 Å². The molecule has 2 aromatic rings. The average molecular weight is 518 g/mol. The van der Waals surface area contributed by atoms with Gasteiger partial charge in [0.15, 0.2) is 0 Å². The summed E-state index contributed by atoms with van der Waals surface area (Å²) >= 11 is 12.2. The Labute approximate surface area is 217 Å². The first-order valence-corrected chi connectivity index (χ1v) is 13.1. The van der Waals surface area contributed by atoms with Crippen LogP contribution >= 0.6 is 23.2 Å². The van der Waals surface area contributed by atoms with Crippen LogP contribution in [0.3, 0.4) is 0 Å². The van der Waals surface area contributed by atoms with Gasteiger partial charge in [0.05, 0.1) is 23.7 Å². The maximum Gasteiger partial charge on any atom is 0.255 e.